The molecule has 4 atom stereocenters. The van der Waals surface area contributed by atoms with Crippen LogP contribution in [-0.2, 0) is 53.4 Å². The van der Waals surface area contributed by atoms with Crippen molar-refractivity contribution in [1.29, 1.82) is 0 Å². The van der Waals surface area contributed by atoms with Crippen molar-refractivity contribution in [3.63, 3.8) is 0 Å². The van der Waals surface area contributed by atoms with Gasteiger partial charge in [-0.3, -0.25) is 14.1 Å². The van der Waals surface area contributed by atoms with Crippen molar-refractivity contribution in [2.45, 2.75) is 82.5 Å². The largest absolute Gasteiger partial charge is 0.485 e. The number of hydroxylamine groups is 2. The Morgan fingerprint density at radius 2 is 2.04 bits per heavy atom. The quantitative estimate of drug-likeness (QED) is 0.0300. The molecule has 20 nitrogen and oxygen atoms in total. The van der Waals surface area contributed by atoms with Crippen LogP contribution in [-0.4, -0.2) is 104 Å². The van der Waals surface area contributed by atoms with E-state index in [2.05, 4.69) is 19.7 Å². The minimum atomic E-state index is -5.04. The Balaban J connectivity index is 1.36. The second kappa shape index (κ2) is 15.3. The molecule has 1 aromatic carbocycles. The van der Waals surface area contributed by atoms with Crippen LogP contribution in [0.2, 0.25) is 0 Å². The lowest BCUT2D eigenvalue weighted by atomic mass is 9.84. The Morgan fingerprint density at radius 1 is 1.30 bits per heavy atom. The number of amides is 2. The number of carbonyl (C=O) groups excluding carboxylic acids is 2. The molecule has 2 amide bonds. The number of ether oxygens (including phenoxy) is 1. The lowest BCUT2D eigenvalue weighted by Gasteiger charge is -2.50. The zero-order valence-corrected chi connectivity index (χ0v) is 30.7. The molecule has 0 aliphatic carbocycles. The number of hydrogen-bond donors (Lipinski definition) is 7. The topological polar surface area (TPSA) is 301 Å². The second-order valence-corrected chi connectivity index (χ2v) is 15.1. The van der Waals surface area contributed by atoms with Gasteiger partial charge < -0.3 is 42.3 Å². The van der Waals surface area contributed by atoms with Crippen LogP contribution in [0.25, 0.3) is 11.1 Å². The number of nitrogens with zero attached hydrogens (tertiary/aromatic N) is 5. The Bertz CT molecular complexity index is 2020. The van der Waals surface area contributed by atoms with Crippen LogP contribution in [0, 0.1) is 0 Å². The van der Waals surface area contributed by atoms with Gasteiger partial charge in [0.1, 0.15) is 23.6 Å². The molecule has 2 aromatic heterocycles. The predicted octanol–water partition coefficient (Wildman–Crippen LogP) is -1.05. The average molecular weight is 781 g/mol. The molecule has 4 unspecified atom stereocenters. The SMILES string of the molecule is CC(O/N=C(\C(=O)NC1C(=O)N(OS(=O)(=O)O)C1(C)C)c1csc(N)n1)(C(=O)O)C1CCc2cc(-c3cn(CCCN)[n+](CC(O)CN)c3)ccc2O1. The zero-order chi connectivity index (χ0) is 38.9. The van der Waals surface area contributed by atoms with E-state index in [0.29, 0.717) is 36.9 Å². The fourth-order valence-electron chi connectivity index (χ4n) is 5.90. The number of thiazole rings is 1. The van der Waals surface area contributed by atoms with Crippen molar-refractivity contribution in [2.24, 2.45) is 16.6 Å². The molecule has 5 rings (SSSR count). The standard InChI is InChI=1S/C31H41N9O11S2/c1-30(2)25(27(43)40(30)51-53(46,47)48)36-26(42)24(21-16-52-29(34)35-21)37-50-31(3,28(44)45)23-8-6-18-11-17(5-7-22(18)49-23)19-13-38(10-4-9-32)39(14-19)15-20(41)12-33/h5,7,11,13-14,16,20,23,25,41H,4,6,8-10,12,15,32-33H2,1-3H3,(H4-,34,35,36,42,44,45,46,47,48)/p+1/b37-24-. The number of rotatable bonds is 16. The molecular weight excluding hydrogens is 739 g/mol. The number of carboxylic acids is 1. The van der Waals surface area contributed by atoms with Crippen molar-refractivity contribution in [3.05, 3.63) is 47.2 Å². The Hall–Kier alpha value is -4.71. The molecule has 4 heterocycles. The number of carboxylic acid groups (broad SMARTS) is 1. The summed E-state index contributed by atoms with van der Waals surface area (Å²) in [6.45, 7) is 5.52. The lowest BCUT2D eigenvalue weighted by Crippen LogP contribution is -2.76. The van der Waals surface area contributed by atoms with E-state index in [0.717, 1.165) is 34.4 Å². The summed E-state index contributed by atoms with van der Waals surface area (Å²) in [5, 5.41) is 28.6. The number of aromatic nitrogens is 3. The number of carbonyl (C=O) groups is 3. The Morgan fingerprint density at radius 3 is 2.64 bits per heavy atom. The number of benzene rings is 1. The summed E-state index contributed by atoms with van der Waals surface area (Å²) in [5.41, 5.74) is 15.5. The summed E-state index contributed by atoms with van der Waals surface area (Å²) in [6.07, 6.45) is 3.38. The highest BCUT2D eigenvalue weighted by atomic mass is 32.3. The third-order valence-corrected chi connectivity index (χ3v) is 9.98. The maximum Gasteiger partial charge on any atom is 0.418 e. The summed E-state index contributed by atoms with van der Waals surface area (Å²) in [6, 6.07) is 4.14. The van der Waals surface area contributed by atoms with Crippen molar-refractivity contribution < 1.29 is 56.1 Å². The van der Waals surface area contributed by atoms with Crippen LogP contribution in [0.3, 0.4) is 0 Å². The monoisotopic (exact) mass is 780 g/mol. The molecule has 22 heteroatoms. The molecule has 0 spiro atoms. The maximum absolute atomic E-state index is 13.5. The number of nitrogens with one attached hydrogen (secondary N) is 1. The van der Waals surface area contributed by atoms with E-state index in [1.165, 1.54) is 26.2 Å². The number of aryl methyl sites for hydroxylation is 2. The van der Waals surface area contributed by atoms with E-state index >= 15 is 0 Å². The highest BCUT2D eigenvalue weighted by molar-refractivity contribution is 7.80. The molecule has 0 bridgehead atoms. The van der Waals surface area contributed by atoms with E-state index in [9.17, 15) is 33.0 Å². The molecule has 1 saturated heterocycles. The van der Waals surface area contributed by atoms with E-state index in [4.69, 9.17) is 31.3 Å². The van der Waals surface area contributed by atoms with Crippen molar-refractivity contribution >= 4 is 50.4 Å². The van der Waals surface area contributed by atoms with Crippen LogP contribution in [0.15, 0.2) is 41.1 Å². The average Bonchev–Trinajstić information content (AvgIpc) is 3.72. The van der Waals surface area contributed by atoms with Gasteiger partial charge in [-0.25, -0.2) is 9.78 Å². The summed E-state index contributed by atoms with van der Waals surface area (Å²) in [7, 11) is -5.04. The van der Waals surface area contributed by atoms with E-state index in [1.54, 1.807) is 6.07 Å². The third kappa shape index (κ3) is 8.43. The van der Waals surface area contributed by atoms with E-state index < -0.39 is 63.3 Å². The zero-order valence-electron chi connectivity index (χ0n) is 29.0. The van der Waals surface area contributed by atoms with Gasteiger partial charge in [-0.05, 0) is 69.8 Å². The van der Waals surface area contributed by atoms with Gasteiger partial charge in [0.25, 0.3) is 17.4 Å². The highest BCUT2D eigenvalue weighted by Crippen LogP contribution is 2.37. The van der Waals surface area contributed by atoms with Crippen molar-refractivity contribution in [3.8, 4) is 16.9 Å². The minimum Gasteiger partial charge on any atom is -0.485 e. The molecular formula is C31H42N9O11S2+. The summed E-state index contributed by atoms with van der Waals surface area (Å²) in [4.78, 5) is 48.6. The van der Waals surface area contributed by atoms with Gasteiger partial charge in [0.05, 0.1) is 23.8 Å². The normalized spacial score (nSPS) is 20.1. The van der Waals surface area contributed by atoms with Crippen LogP contribution in [0.1, 0.15) is 44.9 Å². The number of hydrogen-bond acceptors (Lipinski definition) is 15. The minimum absolute atomic E-state index is 0.0518. The van der Waals surface area contributed by atoms with Gasteiger partial charge in [0, 0.05) is 11.9 Å². The van der Waals surface area contributed by atoms with Gasteiger partial charge in [0.15, 0.2) is 23.5 Å². The number of oxime groups is 1. The second-order valence-electron chi connectivity index (χ2n) is 13.2. The lowest BCUT2D eigenvalue weighted by molar-refractivity contribution is -0.780. The molecule has 2 aliphatic rings. The van der Waals surface area contributed by atoms with Gasteiger partial charge in [-0.1, -0.05) is 11.2 Å². The van der Waals surface area contributed by atoms with Gasteiger partial charge >= 0.3 is 16.4 Å². The van der Waals surface area contributed by atoms with Crippen LogP contribution in [0.5, 0.6) is 5.75 Å². The van der Waals surface area contributed by atoms with E-state index in [-0.39, 0.29) is 23.8 Å². The summed E-state index contributed by atoms with van der Waals surface area (Å²) < 4.78 is 45.8. The maximum atomic E-state index is 13.5. The Kier molecular flexibility index (Phi) is 11.4. The van der Waals surface area contributed by atoms with Crippen LogP contribution >= 0.6 is 11.3 Å². The number of β-lactam (4-membered cyclic amide) rings is 1. The van der Waals surface area contributed by atoms with Crippen molar-refractivity contribution in [1.82, 2.24) is 20.0 Å². The molecule has 1 fully saturated rings. The predicted molar refractivity (Wildman–Crippen MR) is 187 cm³/mol. The molecule has 2 aliphatic heterocycles. The molecule has 0 saturated carbocycles. The molecule has 10 N–H and O–H groups in total. The Labute approximate surface area is 308 Å². The number of aliphatic hydroxyl groups is 1. The number of anilines is 1. The van der Waals surface area contributed by atoms with Crippen LogP contribution < -0.4 is 31.9 Å². The van der Waals surface area contributed by atoms with Gasteiger partial charge in [0.2, 0.25) is 6.20 Å². The first-order chi connectivity index (χ1) is 24.9. The first kappa shape index (κ1) is 39.5. The highest BCUT2D eigenvalue weighted by Gasteiger charge is 2.58. The summed E-state index contributed by atoms with van der Waals surface area (Å²) >= 11 is 0.960. The number of nitrogen functional groups attached to an aromatic ring is 1. The van der Waals surface area contributed by atoms with E-state index in [1.807, 2.05) is 33.9 Å². The number of aliphatic hydroxyl groups excluding tert-OH is 1. The van der Waals surface area contributed by atoms with Gasteiger partial charge in [-0.2, -0.15) is 18.2 Å². The molecule has 53 heavy (non-hydrogen) atoms. The van der Waals surface area contributed by atoms with Gasteiger partial charge in [-0.15, -0.1) is 20.3 Å². The first-order valence-corrected chi connectivity index (χ1v) is 18.6. The number of nitrogens with two attached hydrogens (primary N) is 3. The molecule has 3 aromatic rings. The fourth-order valence-corrected chi connectivity index (χ4v) is 6.90. The smallest absolute Gasteiger partial charge is 0.418 e. The number of fused-ring (bicyclic) bond motifs is 1. The summed E-state index contributed by atoms with van der Waals surface area (Å²) in [5.74, 6) is -3.05. The van der Waals surface area contributed by atoms with Crippen molar-refractivity contribution in [2.75, 3.05) is 18.8 Å². The third-order valence-electron chi connectivity index (χ3n) is 8.97. The van der Waals surface area contributed by atoms with Crippen LogP contribution in [0.4, 0.5) is 5.13 Å². The molecule has 0 radical (unpaired) electrons. The number of aliphatic carboxylic acids is 1. The fraction of sp³-hybridized carbons (Fsp3) is 0.484. The first-order valence-electron chi connectivity index (χ1n) is 16.4. The molecule has 288 valence electrons.